The third kappa shape index (κ3) is 3.40. The lowest BCUT2D eigenvalue weighted by molar-refractivity contribution is 0.0787. The normalized spacial score (nSPS) is 14.2. The standard InChI is InChI=1S/C17H19N3O/c21-17(20-10-4-5-11-20)16-12-15(8-9-18-16)19-13-14-6-2-1-3-7-14/h1-3,6-9,12H,4-5,10-11,13H2,(H,18,19). The number of hydrogen-bond acceptors (Lipinski definition) is 3. The maximum atomic E-state index is 12.3. The lowest BCUT2D eigenvalue weighted by Gasteiger charge is -2.15. The Balaban J connectivity index is 1.66. The highest BCUT2D eigenvalue weighted by Gasteiger charge is 2.20. The first kappa shape index (κ1) is 13.6. The molecule has 0 spiro atoms. The summed E-state index contributed by atoms with van der Waals surface area (Å²) in [5.41, 5.74) is 2.66. The van der Waals surface area contributed by atoms with E-state index < -0.39 is 0 Å². The first-order chi connectivity index (χ1) is 10.3. The summed E-state index contributed by atoms with van der Waals surface area (Å²) in [7, 11) is 0. The Morgan fingerprint density at radius 2 is 1.90 bits per heavy atom. The van der Waals surface area contributed by atoms with Gasteiger partial charge in [-0.25, -0.2) is 0 Å². The maximum absolute atomic E-state index is 12.3. The van der Waals surface area contributed by atoms with Gasteiger partial charge in [-0.05, 0) is 30.5 Å². The molecule has 108 valence electrons. The summed E-state index contributed by atoms with van der Waals surface area (Å²) in [5, 5.41) is 3.34. The molecule has 0 atom stereocenters. The number of nitrogens with zero attached hydrogens (tertiary/aromatic N) is 2. The fraction of sp³-hybridized carbons (Fsp3) is 0.294. The number of rotatable bonds is 4. The summed E-state index contributed by atoms with van der Waals surface area (Å²) in [5.74, 6) is 0.0378. The van der Waals surface area contributed by atoms with E-state index in [1.807, 2.05) is 35.2 Å². The van der Waals surface area contributed by atoms with Crippen molar-refractivity contribution in [2.24, 2.45) is 0 Å². The molecule has 2 aromatic rings. The number of amides is 1. The summed E-state index contributed by atoms with van der Waals surface area (Å²) in [6.45, 7) is 2.44. The van der Waals surface area contributed by atoms with Gasteiger partial charge < -0.3 is 10.2 Å². The van der Waals surface area contributed by atoms with E-state index in [1.54, 1.807) is 6.20 Å². The average Bonchev–Trinajstić information content (AvgIpc) is 3.08. The van der Waals surface area contributed by atoms with Crippen LogP contribution in [0.1, 0.15) is 28.9 Å². The molecule has 21 heavy (non-hydrogen) atoms. The monoisotopic (exact) mass is 281 g/mol. The second-order valence-corrected chi connectivity index (χ2v) is 5.27. The molecular formula is C17H19N3O. The van der Waals surface area contributed by atoms with Gasteiger partial charge in [-0.1, -0.05) is 30.3 Å². The highest BCUT2D eigenvalue weighted by molar-refractivity contribution is 5.93. The van der Waals surface area contributed by atoms with E-state index in [9.17, 15) is 4.79 Å². The molecule has 0 unspecified atom stereocenters. The van der Waals surface area contributed by atoms with E-state index in [1.165, 1.54) is 5.56 Å². The highest BCUT2D eigenvalue weighted by atomic mass is 16.2. The molecule has 4 nitrogen and oxygen atoms in total. The Labute approximate surface area is 124 Å². The summed E-state index contributed by atoms with van der Waals surface area (Å²) >= 11 is 0. The lowest BCUT2D eigenvalue weighted by Crippen LogP contribution is -2.28. The van der Waals surface area contributed by atoms with Crippen molar-refractivity contribution in [3.63, 3.8) is 0 Å². The zero-order chi connectivity index (χ0) is 14.5. The number of anilines is 1. The van der Waals surface area contributed by atoms with Gasteiger partial charge in [0.2, 0.25) is 0 Å². The molecule has 1 aliphatic rings. The highest BCUT2D eigenvalue weighted by Crippen LogP contribution is 2.15. The lowest BCUT2D eigenvalue weighted by atomic mass is 10.2. The number of likely N-dealkylation sites (tertiary alicyclic amines) is 1. The number of carbonyl (C=O) groups is 1. The van der Waals surface area contributed by atoms with Gasteiger partial charge in [-0.2, -0.15) is 0 Å². The molecule has 3 rings (SSSR count). The van der Waals surface area contributed by atoms with Crippen LogP contribution in [0.25, 0.3) is 0 Å². The van der Waals surface area contributed by atoms with E-state index in [2.05, 4.69) is 22.4 Å². The Morgan fingerprint density at radius 1 is 1.14 bits per heavy atom. The number of carbonyl (C=O) groups excluding carboxylic acids is 1. The maximum Gasteiger partial charge on any atom is 0.272 e. The predicted octanol–water partition coefficient (Wildman–Crippen LogP) is 2.93. The van der Waals surface area contributed by atoms with Gasteiger partial charge in [0.1, 0.15) is 5.69 Å². The Kier molecular flexibility index (Phi) is 4.15. The quantitative estimate of drug-likeness (QED) is 0.937. The number of benzene rings is 1. The molecule has 1 N–H and O–H groups in total. The third-order valence-corrected chi connectivity index (χ3v) is 3.71. The van der Waals surface area contributed by atoms with Crippen molar-refractivity contribution < 1.29 is 4.79 Å². The van der Waals surface area contributed by atoms with Crippen molar-refractivity contribution in [1.29, 1.82) is 0 Å². The molecule has 4 heteroatoms. The van der Waals surface area contributed by atoms with Gasteiger partial charge in [0, 0.05) is 31.5 Å². The van der Waals surface area contributed by atoms with Crippen molar-refractivity contribution in [2.45, 2.75) is 19.4 Å². The van der Waals surface area contributed by atoms with E-state index in [4.69, 9.17) is 0 Å². The fourth-order valence-corrected chi connectivity index (χ4v) is 2.54. The summed E-state index contributed by atoms with van der Waals surface area (Å²) < 4.78 is 0. The van der Waals surface area contributed by atoms with Crippen LogP contribution >= 0.6 is 0 Å². The van der Waals surface area contributed by atoms with Gasteiger partial charge >= 0.3 is 0 Å². The average molecular weight is 281 g/mol. The van der Waals surface area contributed by atoms with E-state index in [0.717, 1.165) is 38.2 Å². The summed E-state index contributed by atoms with van der Waals surface area (Å²) in [6.07, 6.45) is 3.88. The minimum atomic E-state index is 0.0378. The first-order valence-corrected chi connectivity index (χ1v) is 7.36. The van der Waals surface area contributed by atoms with Gasteiger partial charge in [-0.3, -0.25) is 9.78 Å². The molecule has 0 radical (unpaired) electrons. The van der Waals surface area contributed by atoms with Gasteiger partial charge in [0.05, 0.1) is 0 Å². The summed E-state index contributed by atoms with van der Waals surface area (Å²) in [4.78, 5) is 18.4. The fourth-order valence-electron chi connectivity index (χ4n) is 2.54. The number of aromatic nitrogens is 1. The van der Waals surface area contributed by atoms with E-state index in [-0.39, 0.29) is 5.91 Å². The van der Waals surface area contributed by atoms with Crippen molar-refractivity contribution in [2.75, 3.05) is 18.4 Å². The van der Waals surface area contributed by atoms with Crippen molar-refractivity contribution >= 4 is 11.6 Å². The van der Waals surface area contributed by atoms with Crippen LogP contribution in [0.2, 0.25) is 0 Å². The van der Waals surface area contributed by atoms with E-state index >= 15 is 0 Å². The molecule has 1 aliphatic heterocycles. The smallest absolute Gasteiger partial charge is 0.272 e. The van der Waals surface area contributed by atoms with Crippen LogP contribution < -0.4 is 5.32 Å². The van der Waals surface area contributed by atoms with Crippen molar-refractivity contribution in [3.8, 4) is 0 Å². The minimum Gasteiger partial charge on any atom is -0.381 e. The molecule has 1 amide bonds. The number of nitrogens with one attached hydrogen (secondary N) is 1. The zero-order valence-electron chi connectivity index (χ0n) is 12.0. The van der Waals surface area contributed by atoms with Crippen molar-refractivity contribution in [1.82, 2.24) is 9.88 Å². The van der Waals surface area contributed by atoms with Crippen LogP contribution in [0, 0.1) is 0 Å². The van der Waals surface area contributed by atoms with Crippen molar-refractivity contribution in [3.05, 3.63) is 59.9 Å². The minimum absolute atomic E-state index is 0.0378. The molecule has 0 bridgehead atoms. The third-order valence-electron chi connectivity index (χ3n) is 3.71. The Hall–Kier alpha value is -2.36. The van der Waals surface area contributed by atoms with Crippen LogP contribution in [-0.4, -0.2) is 28.9 Å². The van der Waals surface area contributed by atoms with Crippen LogP contribution in [0.4, 0.5) is 5.69 Å². The molecule has 1 saturated heterocycles. The van der Waals surface area contributed by atoms with Crippen LogP contribution in [0.3, 0.4) is 0 Å². The molecule has 1 aromatic carbocycles. The van der Waals surface area contributed by atoms with Crippen LogP contribution in [-0.2, 0) is 6.54 Å². The first-order valence-electron chi connectivity index (χ1n) is 7.36. The van der Waals surface area contributed by atoms with E-state index in [0.29, 0.717) is 5.69 Å². The predicted molar refractivity (Wildman–Crippen MR) is 83.1 cm³/mol. The topological polar surface area (TPSA) is 45.2 Å². The second kappa shape index (κ2) is 6.39. The second-order valence-electron chi connectivity index (χ2n) is 5.27. The summed E-state index contributed by atoms with van der Waals surface area (Å²) in [6, 6.07) is 13.9. The van der Waals surface area contributed by atoms with Gasteiger partial charge in [-0.15, -0.1) is 0 Å². The number of hydrogen-bond donors (Lipinski definition) is 1. The molecule has 2 heterocycles. The van der Waals surface area contributed by atoms with Crippen LogP contribution in [0.15, 0.2) is 48.7 Å². The number of pyridine rings is 1. The Morgan fingerprint density at radius 3 is 2.67 bits per heavy atom. The van der Waals surface area contributed by atoms with Crippen LogP contribution in [0.5, 0.6) is 0 Å². The molecule has 0 saturated carbocycles. The van der Waals surface area contributed by atoms with Gasteiger partial charge in [0.25, 0.3) is 5.91 Å². The zero-order valence-corrected chi connectivity index (χ0v) is 12.0. The molecule has 1 aromatic heterocycles. The molecule has 1 fully saturated rings. The van der Waals surface area contributed by atoms with Gasteiger partial charge in [0.15, 0.2) is 0 Å². The largest absolute Gasteiger partial charge is 0.381 e. The SMILES string of the molecule is O=C(c1cc(NCc2ccccc2)ccn1)N1CCCC1. The molecular weight excluding hydrogens is 262 g/mol. The molecule has 0 aliphatic carbocycles. The Bertz CT molecular complexity index is 606.